The average Bonchev–Trinajstić information content (AvgIpc) is 2.32. The van der Waals surface area contributed by atoms with Gasteiger partial charge in [0.25, 0.3) is 0 Å². The molecule has 0 radical (unpaired) electrons. The predicted molar refractivity (Wildman–Crippen MR) is 84.9 cm³/mol. The van der Waals surface area contributed by atoms with Gasteiger partial charge in [0.05, 0.1) is 0 Å². The highest BCUT2D eigenvalue weighted by molar-refractivity contribution is 4.98. The molecule has 0 rings (SSSR count). The van der Waals surface area contributed by atoms with Crippen molar-refractivity contribution in [3.05, 3.63) is 35.5 Å². The zero-order valence-corrected chi connectivity index (χ0v) is 13.1. The highest BCUT2D eigenvalue weighted by Crippen LogP contribution is 2.14. The maximum Gasteiger partial charge on any atom is -0.0288 e. The minimum atomic E-state index is 0.850. The summed E-state index contributed by atoms with van der Waals surface area (Å²) in [6.07, 6.45) is 16.8. The number of hydrogen-bond acceptors (Lipinski definition) is 0. The van der Waals surface area contributed by atoms with E-state index < -0.39 is 0 Å². The van der Waals surface area contributed by atoms with Gasteiger partial charge in [-0.1, -0.05) is 42.4 Å². The van der Waals surface area contributed by atoms with Crippen LogP contribution in [-0.4, -0.2) is 0 Å². The Balaban J connectivity index is 3.53. The van der Waals surface area contributed by atoms with Gasteiger partial charge in [-0.2, -0.15) is 0 Å². The summed E-state index contributed by atoms with van der Waals surface area (Å²) in [6.45, 7) is 11.1. The van der Waals surface area contributed by atoms with Crippen LogP contribution >= 0.6 is 0 Å². The fraction of sp³-hybridized carbons (Fsp3) is 0.667. The van der Waals surface area contributed by atoms with E-state index in [-0.39, 0.29) is 0 Å². The van der Waals surface area contributed by atoms with Crippen LogP contribution in [0.2, 0.25) is 0 Å². The predicted octanol–water partition coefficient (Wildman–Crippen LogP) is 6.45. The highest BCUT2D eigenvalue weighted by Gasteiger charge is 1.98. The van der Waals surface area contributed by atoms with Crippen LogP contribution in [0.3, 0.4) is 0 Å². The second kappa shape index (κ2) is 11.3. The van der Waals surface area contributed by atoms with Crippen LogP contribution in [0.5, 0.6) is 0 Å². The molecule has 1 atom stereocenters. The Bertz CT molecular complexity index is 274. The molecule has 0 N–H and O–H groups in total. The molecular formula is C18H32. The number of rotatable bonds is 9. The van der Waals surface area contributed by atoms with Crippen LogP contribution in [0, 0.1) is 5.92 Å². The Hall–Kier alpha value is -0.780. The first-order valence-corrected chi connectivity index (χ1v) is 7.46. The standard InChI is InChI=1S/C18H32/c1-6-17(4)13-9-7-8-10-14-18(5)15-11-12-16(2)3/h6-8,12,18H,9-11,13-15H2,1-5H3/b8-7+,17-6+. The van der Waals surface area contributed by atoms with Gasteiger partial charge in [0.15, 0.2) is 0 Å². The van der Waals surface area contributed by atoms with Crippen LogP contribution in [0.1, 0.15) is 73.1 Å². The lowest BCUT2D eigenvalue weighted by molar-refractivity contribution is 0.501. The average molecular weight is 248 g/mol. The van der Waals surface area contributed by atoms with E-state index in [1.54, 1.807) is 0 Å². The van der Waals surface area contributed by atoms with Crippen molar-refractivity contribution in [1.29, 1.82) is 0 Å². The maximum atomic E-state index is 2.37. The quantitative estimate of drug-likeness (QED) is 0.411. The van der Waals surface area contributed by atoms with Crippen molar-refractivity contribution in [2.45, 2.75) is 73.1 Å². The van der Waals surface area contributed by atoms with Gasteiger partial charge in [0, 0.05) is 0 Å². The van der Waals surface area contributed by atoms with E-state index in [1.807, 2.05) is 0 Å². The van der Waals surface area contributed by atoms with Crippen LogP contribution < -0.4 is 0 Å². The summed E-state index contributed by atoms with van der Waals surface area (Å²) in [4.78, 5) is 0. The molecule has 1 unspecified atom stereocenters. The van der Waals surface area contributed by atoms with Crippen molar-refractivity contribution in [3.8, 4) is 0 Å². The van der Waals surface area contributed by atoms with Gasteiger partial charge in [-0.3, -0.25) is 0 Å². The molecule has 0 bridgehead atoms. The molecule has 0 heteroatoms. The summed E-state index contributed by atoms with van der Waals surface area (Å²) >= 11 is 0. The molecule has 104 valence electrons. The third-order valence-electron chi connectivity index (χ3n) is 3.40. The van der Waals surface area contributed by atoms with Crippen LogP contribution in [0.15, 0.2) is 35.5 Å². The third kappa shape index (κ3) is 11.7. The summed E-state index contributed by atoms with van der Waals surface area (Å²) < 4.78 is 0. The Morgan fingerprint density at radius 3 is 2.17 bits per heavy atom. The van der Waals surface area contributed by atoms with Crippen molar-refractivity contribution in [1.82, 2.24) is 0 Å². The van der Waals surface area contributed by atoms with Gasteiger partial charge in [-0.15, -0.1) is 0 Å². The molecule has 0 amide bonds. The summed E-state index contributed by atoms with van der Waals surface area (Å²) in [7, 11) is 0. The highest BCUT2D eigenvalue weighted by atomic mass is 14.0. The second-order valence-corrected chi connectivity index (χ2v) is 5.69. The van der Waals surface area contributed by atoms with Gasteiger partial charge in [0.2, 0.25) is 0 Å². The second-order valence-electron chi connectivity index (χ2n) is 5.69. The first-order valence-electron chi connectivity index (χ1n) is 7.46. The van der Waals surface area contributed by atoms with E-state index in [2.05, 4.69) is 58.9 Å². The monoisotopic (exact) mass is 248 g/mol. The Morgan fingerprint density at radius 1 is 0.944 bits per heavy atom. The molecule has 0 aromatic heterocycles. The summed E-state index contributed by atoms with van der Waals surface area (Å²) in [5.41, 5.74) is 2.94. The minimum absolute atomic E-state index is 0.850. The van der Waals surface area contributed by atoms with Gasteiger partial charge < -0.3 is 0 Å². The molecule has 0 aromatic rings. The van der Waals surface area contributed by atoms with Crippen molar-refractivity contribution < 1.29 is 0 Å². The molecule has 0 spiro atoms. The fourth-order valence-corrected chi connectivity index (χ4v) is 1.87. The van der Waals surface area contributed by atoms with Crippen LogP contribution in [0.25, 0.3) is 0 Å². The first kappa shape index (κ1) is 17.2. The van der Waals surface area contributed by atoms with E-state index in [0.717, 1.165) is 5.92 Å². The topological polar surface area (TPSA) is 0 Å². The van der Waals surface area contributed by atoms with Gasteiger partial charge >= 0.3 is 0 Å². The van der Waals surface area contributed by atoms with E-state index in [0.29, 0.717) is 0 Å². The molecular weight excluding hydrogens is 216 g/mol. The molecule has 0 saturated carbocycles. The minimum Gasteiger partial charge on any atom is -0.0887 e. The Morgan fingerprint density at radius 2 is 1.56 bits per heavy atom. The smallest absolute Gasteiger partial charge is 0.0288 e. The van der Waals surface area contributed by atoms with E-state index >= 15 is 0 Å². The van der Waals surface area contributed by atoms with E-state index in [9.17, 15) is 0 Å². The molecule has 0 aromatic carbocycles. The SMILES string of the molecule is C/C=C(\C)CC/C=C/CCC(C)CCC=C(C)C. The number of hydrogen-bond donors (Lipinski definition) is 0. The molecule has 0 aliphatic rings. The van der Waals surface area contributed by atoms with Crippen molar-refractivity contribution >= 4 is 0 Å². The van der Waals surface area contributed by atoms with Gasteiger partial charge in [0.1, 0.15) is 0 Å². The molecule has 0 fully saturated rings. The van der Waals surface area contributed by atoms with E-state index in [1.165, 1.54) is 49.7 Å². The molecule has 0 saturated heterocycles. The molecule has 18 heavy (non-hydrogen) atoms. The molecule has 0 aliphatic carbocycles. The van der Waals surface area contributed by atoms with Crippen LogP contribution in [0.4, 0.5) is 0 Å². The van der Waals surface area contributed by atoms with Crippen molar-refractivity contribution in [2.75, 3.05) is 0 Å². The lowest BCUT2D eigenvalue weighted by Gasteiger charge is -2.07. The lowest BCUT2D eigenvalue weighted by Crippen LogP contribution is -1.92. The summed E-state index contributed by atoms with van der Waals surface area (Å²) in [5.74, 6) is 0.850. The normalized spacial score (nSPS) is 13.9. The summed E-state index contributed by atoms with van der Waals surface area (Å²) in [5, 5.41) is 0. The molecule has 0 nitrogen and oxygen atoms in total. The van der Waals surface area contributed by atoms with E-state index in [4.69, 9.17) is 0 Å². The van der Waals surface area contributed by atoms with Gasteiger partial charge in [-0.05, 0) is 72.1 Å². The zero-order chi connectivity index (χ0) is 13.8. The molecule has 0 heterocycles. The largest absolute Gasteiger partial charge is 0.0887 e. The van der Waals surface area contributed by atoms with Crippen molar-refractivity contribution in [2.24, 2.45) is 5.92 Å². The third-order valence-corrected chi connectivity index (χ3v) is 3.40. The first-order chi connectivity index (χ1) is 8.56. The summed E-state index contributed by atoms with van der Waals surface area (Å²) in [6, 6.07) is 0. The van der Waals surface area contributed by atoms with Crippen LogP contribution in [-0.2, 0) is 0 Å². The Labute approximate surface area is 115 Å². The molecule has 0 aliphatic heterocycles. The zero-order valence-electron chi connectivity index (χ0n) is 13.1. The van der Waals surface area contributed by atoms with Crippen molar-refractivity contribution in [3.63, 3.8) is 0 Å². The van der Waals surface area contributed by atoms with Gasteiger partial charge in [-0.25, -0.2) is 0 Å². The number of allylic oxidation sites excluding steroid dienone is 6. The Kier molecular flexibility index (Phi) is 10.8. The lowest BCUT2D eigenvalue weighted by atomic mass is 9.99. The fourth-order valence-electron chi connectivity index (χ4n) is 1.87. The maximum absolute atomic E-state index is 2.37.